The van der Waals surface area contributed by atoms with Gasteiger partial charge in [-0.05, 0) is 36.1 Å². The number of hydrogen-bond acceptors (Lipinski definition) is 3. The van der Waals surface area contributed by atoms with E-state index in [2.05, 4.69) is 4.98 Å². The monoisotopic (exact) mass is 296 g/mol. The molecule has 0 saturated heterocycles. The Labute approximate surface area is 128 Å². The summed E-state index contributed by atoms with van der Waals surface area (Å²) in [5.74, 6) is -0.993. The molecule has 1 aliphatic heterocycles. The van der Waals surface area contributed by atoms with Crippen LogP contribution in [0.25, 0.3) is 0 Å². The first-order valence-corrected chi connectivity index (χ1v) is 7.12. The molecule has 3 rings (SSSR count). The summed E-state index contributed by atoms with van der Waals surface area (Å²) in [5.41, 5.74) is 3.47. The van der Waals surface area contributed by atoms with Gasteiger partial charge in [0.2, 0.25) is 0 Å². The van der Waals surface area contributed by atoms with Gasteiger partial charge in [0.1, 0.15) is 0 Å². The van der Waals surface area contributed by atoms with Crippen molar-refractivity contribution in [2.24, 2.45) is 0 Å². The number of carbonyl (C=O) groups excluding carboxylic acids is 1. The highest BCUT2D eigenvalue weighted by molar-refractivity contribution is 5.96. The Balaban J connectivity index is 1.89. The number of nitrogens with zero attached hydrogens (tertiary/aromatic N) is 2. The van der Waals surface area contributed by atoms with E-state index in [-0.39, 0.29) is 11.5 Å². The normalized spacial score (nSPS) is 13.6. The van der Waals surface area contributed by atoms with Crippen LogP contribution in [0.1, 0.15) is 37.4 Å². The zero-order valence-electron chi connectivity index (χ0n) is 12.2. The predicted octanol–water partition coefficient (Wildman–Crippen LogP) is 2.29. The number of rotatable bonds is 2. The van der Waals surface area contributed by atoms with Crippen molar-refractivity contribution in [3.8, 4) is 0 Å². The van der Waals surface area contributed by atoms with Gasteiger partial charge in [0.05, 0.1) is 5.56 Å². The van der Waals surface area contributed by atoms with Gasteiger partial charge < -0.3 is 10.0 Å². The lowest BCUT2D eigenvalue weighted by Crippen LogP contribution is -2.37. The maximum atomic E-state index is 12.6. The van der Waals surface area contributed by atoms with Gasteiger partial charge in [0, 0.05) is 31.0 Å². The topological polar surface area (TPSA) is 70.5 Å². The number of fused-ring (bicyclic) bond motifs is 1. The second kappa shape index (κ2) is 5.60. The number of aromatic carboxylic acids is 1. The third kappa shape index (κ3) is 2.45. The zero-order valence-corrected chi connectivity index (χ0v) is 12.2. The molecule has 1 amide bonds. The molecule has 1 aromatic carbocycles. The predicted molar refractivity (Wildman–Crippen MR) is 80.8 cm³/mol. The average molecular weight is 296 g/mol. The Morgan fingerprint density at radius 1 is 1.18 bits per heavy atom. The Kier molecular flexibility index (Phi) is 3.63. The average Bonchev–Trinajstić information content (AvgIpc) is 2.53. The van der Waals surface area contributed by atoms with Crippen LogP contribution in [0.3, 0.4) is 0 Å². The van der Waals surface area contributed by atoms with Crippen LogP contribution >= 0.6 is 0 Å². The third-order valence-corrected chi connectivity index (χ3v) is 4.03. The van der Waals surface area contributed by atoms with Gasteiger partial charge in [-0.3, -0.25) is 9.78 Å². The molecule has 5 heteroatoms. The van der Waals surface area contributed by atoms with Crippen LogP contribution in [-0.4, -0.2) is 33.4 Å². The lowest BCUT2D eigenvalue weighted by Gasteiger charge is -2.29. The molecule has 0 saturated carbocycles. The second-order valence-electron chi connectivity index (χ2n) is 5.42. The van der Waals surface area contributed by atoms with Gasteiger partial charge in [-0.25, -0.2) is 4.79 Å². The fourth-order valence-electron chi connectivity index (χ4n) is 2.83. The van der Waals surface area contributed by atoms with E-state index in [1.165, 1.54) is 6.20 Å². The van der Waals surface area contributed by atoms with Crippen LogP contribution in [0, 0.1) is 6.92 Å². The quantitative estimate of drug-likeness (QED) is 0.923. The molecule has 0 aliphatic carbocycles. The molecule has 22 heavy (non-hydrogen) atoms. The van der Waals surface area contributed by atoms with Crippen LogP contribution in [0.15, 0.2) is 36.7 Å². The number of benzene rings is 1. The number of hydrogen-bond donors (Lipinski definition) is 1. The first-order valence-electron chi connectivity index (χ1n) is 7.12. The molecule has 0 spiro atoms. The van der Waals surface area contributed by atoms with Gasteiger partial charge in [0.25, 0.3) is 5.91 Å². The molecule has 2 heterocycles. The third-order valence-electron chi connectivity index (χ3n) is 4.03. The van der Waals surface area contributed by atoms with Crippen molar-refractivity contribution < 1.29 is 14.7 Å². The van der Waals surface area contributed by atoms with Crippen molar-refractivity contribution in [1.29, 1.82) is 0 Å². The molecule has 112 valence electrons. The Morgan fingerprint density at radius 3 is 2.68 bits per heavy atom. The number of aryl methyl sites for hydroxylation is 1. The molecule has 1 aromatic heterocycles. The summed E-state index contributed by atoms with van der Waals surface area (Å²) < 4.78 is 0. The summed E-state index contributed by atoms with van der Waals surface area (Å²) >= 11 is 0. The lowest BCUT2D eigenvalue weighted by molar-refractivity contribution is 0.0693. The highest BCUT2D eigenvalue weighted by atomic mass is 16.4. The van der Waals surface area contributed by atoms with E-state index in [1.807, 2.05) is 31.2 Å². The zero-order chi connectivity index (χ0) is 15.7. The van der Waals surface area contributed by atoms with E-state index in [0.717, 1.165) is 16.7 Å². The number of aromatic nitrogens is 1. The number of amides is 1. The van der Waals surface area contributed by atoms with Gasteiger partial charge in [-0.2, -0.15) is 0 Å². The summed E-state index contributed by atoms with van der Waals surface area (Å²) in [5, 5.41) is 9.21. The first-order chi connectivity index (χ1) is 10.6. The van der Waals surface area contributed by atoms with Crippen molar-refractivity contribution in [1.82, 2.24) is 9.88 Å². The van der Waals surface area contributed by atoms with E-state index < -0.39 is 5.97 Å². The fraction of sp³-hybridized carbons (Fsp3) is 0.235. The van der Waals surface area contributed by atoms with E-state index in [9.17, 15) is 14.7 Å². The number of carboxylic acid groups (broad SMARTS) is 1. The maximum Gasteiger partial charge on any atom is 0.337 e. The van der Waals surface area contributed by atoms with Crippen molar-refractivity contribution in [2.45, 2.75) is 19.9 Å². The smallest absolute Gasteiger partial charge is 0.337 e. The summed E-state index contributed by atoms with van der Waals surface area (Å²) in [6, 6.07) is 7.48. The number of pyridine rings is 1. The molecule has 0 unspecified atom stereocenters. The molecule has 0 radical (unpaired) electrons. The second-order valence-corrected chi connectivity index (χ2v) is 5.42. The molecule has 0 bridgehead atoms. The van der Waals surface area contributed by atoms with E-state index in [0.29, 0.717) is 25.1 Å². The molecule has 1 aliphatic rings. The highest BCUT2D eigenvalue weighted by Crippen LogP contribution is 2.23. The van der Waals surface area contributed by atoms with Gasteiger partial charge in [-0.1, -0.05) is 18.2 Å². The molecule has 2 aromatic rings. The van der Waals surface area contributed by atoms with Crippen molar-refractivity contribution in [3.63, 3.8) is 0 Å². The van der Waals surface area contributed by atoms with Crippen molar-refractivity contribution in [3.05, 3.63) is 64.5 Å². The molecular formula is C17H16N2O3. The molecule has 0 atom stereocenters. The van der Waals surface area contributed by atoms with Crippen molar-refractivity contribution >= 4 is 11.9 Å². The molecule has 0 fully saturated rings. The molecular weight excluding hydrogens is 280 g/mol. The van der Waals surface area contributed by atoms with E-state index >= 15 is 0 Å². The number of carbonyl (C=O) groups is 2. The first kappa shape index (κ1) is 14.3. The van der Waals surface area contributed by atoms with Gasteiger partial charge in [0.15, 0.2) is 0 Å². The van der Waals surface area contributed by atoms with Gasteiger partial charge >= 0.3 is 5.97 Å². The summed E-state index contributed by atoms with van der Waals surface area (Å²) in [6.07, 6.45) is 3.57. The van der Waals surface area contributed by atoms with Crippen LogP contribution in [0.5, 0.6) is 0 Å². The largest absolute Gasteiger partial charge is 0.478 e. The summed E-state index contributed by atoms with van der Waals surface area (Å²) in [4.78, 5) is 29.6. The Morgan fingerprint density at radius 2 is 1.95 bits per heavy atom. The minimum atomic E-state index is -0.969. The van der Waals surface area contributed by atoms with E-state index in [4.69, 9.17) is 0 Å². The van der Waals surface area contributed by atoms with Crippen LogP contribution < -0.4 is 0 Å². The lowest BCUT2D eigenvalue weighted by atomic mass is 9.96. The van der Waals surface area contributed by atoms with Crippen LogP contribution in [-0.2, 0) is 13.0 Å². The standard InChI is InChI=1S/C17H16N2O3/c1-11-4-2-3-5-13(11)16(20)19-7-6-14-12(10-19)8-18-9-15(14)17(21)22/h2-5,8-9H,6-7,10H2,1H3,(H,21,22). The summed E-state index contributed by atoms with van der Waals surface area (Å²) in [7, 11) is 0. The minimum Gasteiger partial charge on any atom is -0.478 e. The fourth-order valence-corrected chi connectivity index (χ4v) is 2.83. The Bertz CT molecular complexity index is 755. The number of carboxylic acids is 1. The van der Waals surface area contributed by atoms with Crippen LogP contribution in [0.2, 0.25) is 0 Å². The van der Waals surface area contributed by atoms with Crippen LogP contribution in [0.4, 0.5) is 0 Å². The van der Waals surface area contributed by atoms with E-state index in [1.54, 1.807) is 11.1 Å². The highest BCUT2D eigenvalue weighted by Gasteiger charge is 2.25. The maximum absolute atomic E-state index is 12.6. The minimum absolute atomic E-state index is 0.0236. The molecule has 1 N–H and O–H groups in total. The Hall–Kier alpha value is -2.69. The molecule has 5 nitrogen and oxygen atoms in total. The SMILES string of the molecule is Cc1ccccc1C(=O)N1CCc2c(cncc2C(=O)O)C1. The van der Waals surface area contributed by atoms with Gasteiger partial charge in [-0.15, -0.1) is 0 Å². The van der Waals surface area contributed by atoms with Crippen molar-refractivity contribution in [2.75, 3.05) is 6.54 Å². The summed E-state index contributed by atoms with van der Waals surface area (Å²) in [6.45, 7) is 2.83.